The molecule has 1 unspecified atom stereocenters. The molecule has 0 radical (unpaired) electrons. The van der Waals surface area contributed by atoms with Gasteiger partial charge in [-0.1, -0.05) is 52.9 Å². The first kappa shape index (κ1) is 19.2. The number of para-hydroxylation sites is 1. The van der Waals surface area contributed by atoms with Crippen LogP contribution in [0.3, 0.4) is 0 Å². The van der Waals surface area contributed by atoms with Crippen LogP contribution in [-0.2, 0) is 11.4 Å². The lowest BCUT2D eigenvalue weighted by molar-refractivity contribution is 0.484. The summed E-state index contributed by atoms with van der Waals surface area (Å²) in [7, 11) is 0. The summed E-state index contributed by atoms with van der Waals surface area (Å²) in [6.07, 6.45) is 1.67. The van der Waals surface area contributed by atoms with E-state index in [0.717, 1.165) is 28.2 Å². The average molecular weight is 378 g/mol. The zero-order valence-corrected chi connectivity index (χ0v) is 16.6. The quantitative estimate of drug-likeness (QED) is 0.403. The molecule has 0 amide bonds. The van der Waals surface area contributed by atoms with Gasteiger partial charge < -0.3 is 9.29 Å². The van der Waals surface area contributed by atoms with Gasteiger partial charge in [0.05, 0.1) is 6.21 Å². The largest absolute Gasteiger partial charge is 0.591 e. The minimum absolute atomic E-state index is 0.380. The predicted molar refractivity (Wildman–Crippen MR) is 114 cm³/mol. The lowest BCUT2D eigenvalue weighted by Gasteiger charge is -2.17. The smallest absolute Gasteiger partial charge is 0.144 e. The molecular formula is C23H23NO2S. The second-order valence-electron chi connectivity index (χ2n) is 7.13. The van der Waals surface area contributed by atoms with Gasteiger partial charge in [0.2, 0.25) is 0 Å². The first-order valence-corrected chi connectivity index (χ1v) is 9.92. The number of hydrogen-bond acceptors (Lipinski definition) is 3. The minimum Gasteiger partial charge on any atom is -0.591 e. The Morgan fingerprint density at radius 2 is 1.52 bits per heavy atom. The Bertz CT molecular complexity index is 903. The third-order valence-corrected chi connectivity index (χ3v) is 5.23. The van der Waals surface area contributed by atoms with Gasteiger partial charge in [-0.15, -0.1) is 0 Å². The molecule has 3 aromatic rings. The average Bonchev–Trinajstić information content (AvgIpc) is 2.67. The Morgan fingerprint density at radius 3 is 2.15 bits per heavy atom. The van der Waals surface area contributed by atoms with E-state index in [9.17, 15) is 4.55 Å². The van der Waals surface area contributed by atoms with Crippen LogP contribution in [0.15, 0.2) is 83.3 Å². The van der Waals surface area contributed by atoms with Gasteiger partial charge in [-0.25, -0.2) is 0 Å². The molecule has 138 valence electrons. The van der Waals surface area contributed by atoms with E-state index in [4.69, 9.17) is 4.74 Å². The van der Waals surface area contributed by atoms with Crippen LogP contribution in [0.25, 0.3) is 11.1 Å². The highest BCUT2D eigenvalue weighted by atomic mass is 32.2. The van der Waals surface area contributed by atoms with E-state index in [1.165, 1.54) is 0 Å². The highest BCUT2D eigenvalue weighted by molar-refractivity contribution is 7.91. The number of hydrogen-bond donors (Lipinski definition) is 0. The minimum atomic E-state index is -1.29. The molecule has 3 rings (SSSR count). The first-order chi connectivity index (χ1) is 12.9. The third-order valence-electron chi connectivity index (χ3n) is 3.88. The van der Waals surface area contributed by atoms with E-state index in [1.54, 1.807) is 6.21 Å². The van der Waals surface area contributed by atoms with E-state index in [-0.39, 0.29) is 4.75 Å². The maximum atomic E-state index is 12.2. The van der Waals surface area contributed by atoms with Crippen molar-refractivity contribution in [3.63, 3.8) is 0 Å². The molecule has 1 atom stereocenters. The van der Waals surface area contributed by atoms with Crippen molar-refractivity contribution in [1.29, 1.82) is 0 Å². The van der Waals surface area contributed by atoms with Gasteiger partial charge in [0.15, 0.2) is 0 Å². The SMILES string of the molecule is CC(C)(C)[S+]([O-])/N=C/c1ccc(Oc2ccccc2)c(-c2ccccc2)c1. The summed E-state index contributed by atoms with van der Waals surface area (Å²) in [4.78, 5) is 0. The van der Waals surface area contributed by atoms with Crippen molar-refractivity contribution in [3.05, 3.63) is 84.4 Å². The topological polar surface area (TPSA) is 44.7 Å². The Hall–Kier alpha value is -2.56. The lowest BCUT2D eigenvalue weighted by Crippen LogP contribution is -2.25. The van der Waals surface area contributed by atoms with Crippen molar-refractivity contribution in [3.8, 4) is 22.6 Å². The molecule has 0 fully saturated rings. The van der Waals surface area contributed by atoms with Gasteiger partial charge in [-0.05, 0) is 62.2 Å². The Morgan fingerprint density at radius 1 is 0.889 bits per heavy atom. The molecule has 0 aliphatic heterocycles. The summed E-state index contributed by atoms with van der Waals surface area (Å²) in [5.41, 5.74) is 2.90. The van der Waals surface area contributed by atoms with Crippen LogP contribution in [0.2, 0.25) is 0 Å². The highest BCUT2D eigenvalue weighted by Gasteiger charge is 2.25. The van der Waals surface area contributed by atoms with Gasteiger partial charge in [0.25, 0.3) is 0 Å². The molecule has 0 saturated heterocycles. The van der Waals surface area contributed by atoms with E-state index >= 15 is 0 Å². The second-order valence-corrected chi connectivity index (χ2v) is 9.07. The van der Waals surface area contributed by atoms with E-state index in [0.29, 0.717) is 0 Å². The molecule has 27 heavy (non-hydrogen) atoms. The lowest BCUT2D eigenvalue weighted by atomic mass is 10.0. The van der Waals surface area contributed by atoms with E-state index in [1.807, 2.05) is 99.6 Å². The highest BCUT2D eigenvalue weighted by Crippen LogP contribution is 2.34. The molecule has 0 bridgehead atoms. The molecule has 0 aliphatic carbocycles. The van der Waals surface area contributed by atoms with Crippen molar-refractivity contribution < 1.29 is 9.29 Å². The summed E-state index contributed by atoms with van der Waals surface area (Å²) in [5.74, 6) is 1.55. The van der Waals surface area contributed by atoms with Gasteiger partial charge >= 0.3 is 0 Å². The monoisotopic (exact) mass is 377 g/mol. The molecule has 0 spiro atoms. The fourth-order valence-electron chi connectivity index (χ4n) is 2.44. The van der Waals surface area contributed by atoms with E-state index in [2.05, 4.69) is 4.40 Å². The number of rotatable bonds is 5. The van der Waals surface area contributed by atoms with Crippen molar-refractivity contribution in [2.75, 3.05) is 0 Å². The maximum Gasteiger partial charge on any atom is 0.144 e. The summed E-state index contributed by atoms with van der Waals surface area (Å²) in [6.45, 7) is 5.73. The van der Waals surface area contributed by atoms with Crippen molar-refractivity contribution in [1.82, 2.24) is 0 Å². The zero-order valence-electron chi connectivity index (χ0n) is 15.8. The molecule has 4 heteroatoms. The van der Waals surface area contributed by atoms with Crippen LogP contribution >= 0.6 is 0 Å². The van der Waals surface area contributed by atoms with Crippen LogP contribution in [-0.4, -0.2) is 15.5 Å². The Kier molecular flexibility index (Phi) is 5.99. The standard InChI is InChI=1S/C23H23NO2S/c1-23(2,3)27(25)24-17-18-14-15-22(26-20-12-8-5-9-13-20)21(16-18)19-10-6-4-7-11-19/h4-17H,1-3H3/b24-17+. The van der Waals surface area contributed by atoms with Gasteiger partial charge in [-0.3, -0.25) is 0 Å². The fraction of sp³-hybridized carbons (Fsp3) is 0.174. The Labute approximate surface area is 164 Å². The molecule has 0 aliphatic rings. The van der Waals surface area contributed by atoms with Crippen LogP contribution in [0.4, 0.5) is 0 Å². The molecule has 0 aromatic heterocycles. The van der Waals surface area contributed by atoms with Crippen LogP contribution in [0.1, 0.15) is 26.3 Å². The molecule has 0 N–H and O–H groups in total. The van der Waals surface area contributed by atoms with Crippen LogP contribution in [0.5, 0.6) is 11.5 Å². The fourth-order valence-corrected chi connectivity index (χ4v) is 2.98. The van der Waals surface area contributed by atoms with Crippen LogP contribution in [0, 0.1) is 0 Å². The summed E-state index contributed by atoms with van der Waals surface area (Å²) >= 11 is -1.29. The zero-order chi connectivity index (χ0) is 19.3. The number of benzene rings is 3. The maximum absolute atomic E-state index is 12.2. The van der Waals surface area contributed by atoms with Crippen molar-refractivity contribution in [2.24, 2.45) is 4.40 Å². The molecule has 0 heterocycles. The molecule has 3 nitrogen and oxygen atoms in total. The van der Waals surface area contributed by atoms with Gasteiger partial charge in [-0.2, -0.15) is 0 Å². The normalized spacial score (nSPS) is 12.9. The number of nitrogens with zero attached hydrogens (tertiary/aromatic N) is 1. The summed E-state index contributed by atoms with van der Waals surface area (Å²) in [5, 5.41) is 0. The molecule has 3 aromatic carbocycles. The summed E-state index contributed by atoms with van der Waals surface area (Å²) in [6, 6.07) is 25.6. The Balaban J connectivity index is 1.96. The van der Waals surface area contributed by atoms with Crippen molar-refractivity contribution >= 4 is 17.6 Å². The first-order valence-electron chi connectivity index (χ1n) is 8.82. The molecule has 0 saturated carbocycles. The van der Waals surface area contributed by atoms with Gasteiger partial charge in [0.1, 0.15) is 27.6 Å². The van der Waals surface area contributed by atoms with Crippen LogP contribution < -0.4 is 4.74 Å². The summed E-state index contributed by atoms with van der Waals surface area (Å²) < 4.78 is 22.1. The predicted octanol–water partition coefficient (Wildman–Crippen LogP) is 6.03. The molecular weight excluding hydrogens is 354 g/mol. The van der Waals surface area contributed by atoms with E-state index < -0.39 is 11.4 Å². The second kappa shape index (κ2) is 8.42. The third kappa shape index (κ3) is 5.22. The van der Waals surface area contributed by atoms with Gasteiger partial charge in [0, 0.05) is 5.56 Å². The number of ether oxygens (including phenoxy) is 1. The van der Waals surface area contributed by atoms with Crippen molar-refractivity contribution in [2.45, 2.75) is 25.5 Å².